The summed E-state index contributed by atoms with van der Waals surface area (Å²) in [4.78, 5) is 9.55. The Bertz CT molecular complexity index is 1160. The van der Waals surface area contributed by atoms with Gasteiger partial charge >= 0.3 is 0 Å². The first kappa shape index (κ1) is 19.2. The van der Waals surface area contributed by atoms with Gasteiger partial charge in [-0.1, -0.05) is 11.6 Å². The van der Waals surface area contributed by atoms with Crippen LogP contribution in [0.1, 0.15) is 22.4 Å². The molecule has 2 aromatic heterocycles. The van der Waals surface area contributed by atoms with E-state index in [4.69, 9.17) is 21.6 Å². The van der Waals surface area contributed by atoms with Crippen LogP contribution in [0.5, 0.6) is 0 Å². The van der Waals surface area contributed by atoms with E-state index in [0.717, 1.165) is 22.5 Å². The number of halogens is 1. The van der Waals surface area contributed by atoms with Crippen LogP contribution in [-0.4, -0.2) is 20.2 Å². The van der Waals surface area contributed by atoms with Crippen molar-refractivity contribution in [1.29, 1.82) is 0 Å². The summed E-state index contributed by atoms with van der Waals surface area (Å²) in [6.45, 7) is 8.35. The standard InChI is InChI=1S/C23H22ClN5/c1-13-9-18(10-14(2)16(13)4)20-12-21(26-22-11-15(3)28-29-22)27-23(25-20)17-5-7-19(24)8-6-17/h5-12H,1-4H3,(H2,25,26,27,28,29). The van der Waals surface area contributed by atoms with Crippen LogP contribution in [0.15, 0.2) is 48.5 Å². The van der Waals surface area contributed by atoms with Crippen LogP contribution in [0, 0.1) is 27.7 Å². The van der Waals surface area contributed by atoms with Gasteiger partial charge in [0.2, 0.25) is 0 Å². The van der Waals surface area contributed by atoms with Crippen molar-refractivity contribution in [1.82, 2.24) is 20.2 Å². The van der Waals surface area contributed by atoms with Gasteiger partial charge in [0.25, 0.3) is 0 Å². The summed E-state index contributed by atoms with van der Waals surface area (Å²) in [6, 6.07) is 15.8. The minimum atomic E-state index is 0.629. The summed E-state index contributed by atoms with van der Waals surface area (Å²) in [7, 11) is 0. The van der Waals surface area contributed by atoms with Crippen LogP contribution in [0.2, 0.25) is 5.02 Å². The fourth-order valence-electron chi connectivity index (χ4n) is 3.18. The normalized spacial score (nSPS) is 10.9. The molecule has 0 spiro atoms. The molecule has 6 heteroatoms. The van der Waals surface area contributed by atoms with E-state index in [9.17, 15) is 0 Å². The van der Waals surface area contributed by atoms with Crippen molar-refractivity contribution in [3.63, 3.8) is 0 Å². The largest absolute Gasteiger partial charge is 0.323 e. The molecule has 2 heterocycles. The SMILES string of the molecule is Cc1cc(Nc2cc(-c3cc(C)c(C)c(C)c3)nc(-c3ccc(Cl)cc3)n2)n[nH]1. The molecule has 146 valence electrons. The van der Waals surface area contributed by atoms with Crippen LogP contribution >= 0.6 is 11.6 Å². The van der Waals surface area contributed by atoms with Gasteiger partial charge in [-0.15, -0.1) is 0 Å². The predicted molar refractivity (Wildman–Crippen MR) is 119 cm³/mol. The van der Waals surface area contributed by atoms with E-state index < -0.39 is 0 Å². The summed E-state index contributed by atoms with van der Waals surface area (Å²) >= 11 is 6.05. The van der Waals surface area contributed by atoms with Crippen molar-refractivity contribution < 1.29 is 0 Å². The second-order valence-corrected chi connectivity index (χ2v) is 7.70. The quantitative estimate of drug-likeness (QED) is 0.428. The third kappa shape index (κ3) is 4.15. The molecule has 0 fully saturated rings. The van der Waals surface area contributed by atoms with Gasteiger partial charge in [-0.3, -0.25) is 5.10 Å². The number of hydrogen-bond acceptors (Lipinski definition) is 4. The van der Waals surface area contributed by atoms with Gasteiger partial charge in [-0.2, -0.15) is 5.10 Å². The molecular formula is C23H22ClN5. The highest BCUT2D eigenvalue weighted by Gasteiger charge is 2.12. The van der Waals surface area contributed by atoms with Crippen molar-refractivity contribution in [2.75, 3.05) is 5.32 Å². The number of H-pyrrole nitrogens is 1. The van der Waals surface area contributed by atoms with Crippen LogP contribution < -0.4 is 5.32 Å². The zero-order chi connectivity index (χ0) is 20.5. The van der Waals surface area contributed by atoms with Gasteiger partial charge in [-0.25, -0.2) is 9.97 Å². The van der Waals surface area contributed by atoms with Crippen molar-refractivity contribution in [2.24, 2.45) is 0 Å². The van der Waals surface area contributed by atoms with E-state index in [1.165, 1.54) is 16.7 Å². The van der Waals surface area contributed by atoms with Gasteiger partial charge in [0.15, 0.2) is 11.6 Å². The predicted octanol–water partition coefficient (Wildman–Crippen LogP) is 6.16. The Morgan fingerprint density at radius 1 is 0.793 bits per heavy atom. The molecule has 0 atom stereocenters. The van der Waals surface area contributed by atoms with Crippen LogP contribution in [0.25, 0.3) is 22.6 Å². The van der Waals surface area contributed by atoms with Crippen LogP contribution in [0.4, 0.5) is 11.6 Å². The Morgan fingerprint density at radius 3 is 2.10 bits per heavy atom. The minimum Gasteiger partial charge on any atom is -0.323 e. The average Bonchev–Trinajstić information content (AvgIpc) is 3.10. The zero-order valence-corrected chi connectivity index (χ0v) is 17.6. The number of anilines is 2. The number of aryl methyl sites for hydroxylation is 3. The third-order valence-electron chi connectivity index (χ3n) is 5.01. The lowest BCUT2D eigenvalue weighted by Gasteiger charge is -2.12. The molecule has 2 N–H and O–H groups in total. The molecule has 0 aliphatic heterocycles. The highest BCUT2D eigenvalue weighted by molar-refractivity contribution is 6.30. The lowest BCUT2D eigenvalue weighted by atomic mass is 9.99. The molecular weight excluding hydrogens is 382 g/mol. The number of nitrogens with zero attached hydrogens (tertiary/aromatic N) is 3. The average molecular weight is 404 g/mol. The highest BCUT2D eigenvalue weighted by Crippen LogP contribution is 2.29. The van der Waals surface area contributed by atoms with E-state index >= 15 is 0 Å². The molecule has 4 aromatic rings. The monoisotopic (exact) mass is 403 g/mol. The molecule has 29 heavy (non-hydrogen) atoms. The van der Waals surface area contributed by atoms with Crippen LogP contribution in [-0.2, 0) is 0 Å². The number of nitrogens with one attached hydrogen (secondary N) is 2. The van der Waals surface area contributed by atoms with Gasteiger partial charge in [0, 0.05) is 34.0 Å². The Labute approximate surface area is 175 Å². The number of hydrogen-bond donors (Lipinski definition) is 2. The molecule has 0 saturated heterocycles. The Morgan fingerprint density at radius 2 is 1.48 bits per heavy atom. The highest BCUT2D eigenvalue weighted by atomic mass is 35.5. The maximum atomic E-state index is 6.05. The molecule has 0 unspecified atom stereocenters. The van der Waals surface area contributed by atoms with Gasteiger partial charge in [0.05, 0.1) is 5.69 Å². The van der Waals surface area contributed by atoms with Crippen molar-refractivity contribution >= 4 is 23.2 Å². The molecule has 2 aromatic carbocycles. The molecule has 0 saturated carbocycles. The summed E-state index contributed by atoms with van der Waals surface area (Å²) in [5.41, 5.74) is 7.57. The fraction of sp³-hybridized carbons (Fsp3) is 0.174. The lowest BCUT2D eigenvalue weighted by Crippen LogP contribution is -2.00. The second kappa shape index (κ2) is 7.68. The third-order valence-corrected chi connectivity index (χ3v) is 5.27. The number of rotatable bonds is 4. The van der Waals surface area contributed by atoms with Crippen molar-refractivity contribution in [3.8, 4) is 22.6 Å². The Kier molecular flexibility index (Phi) is 5.07. The van der Waals surface area contributed by atoms with Crippen molar-refractivity contribution in [3.05, 3.63) is 75.9 Å². The van der Waals surface area contributed by atoms with E-state index in [2.05, 4.69) is 48.4 Å². The first-order valence-electron chi connectivity index (χ1n) is 9.41. The molecule has 0 bridgehead atoms. The number of aromatic nitrogens is 4. The summed E-state index contributed by atoms with van der Waals surface area (Å²) < 4.78 is 0. The molecule has 0 aliphatic carbocycles. The van der Waals surface area contributed by atoms with E-state index in [1.807, 2.05) is 43.3 Å². The van der Waals surface area contributed by atoms with Gasteiger partial charge in [0.1, 0.15) is 5.82 Å². The maximum absolute atomic E-state index is 6.05. The molecule has 4 rings (SSSR count). The summed E-state index contributed by atoms with van der Waals surface area (Å²) in [5.74, 6) is 2.03. The van der Waals surface area contributed by atoms with E-state index in [0.29, 0.717) is 22.5 Å². The van der Waals surface area contributed by atoms with Crippen molar-refractivity contribution in [2.45, 2.75) is 27.7 Å². The van der Waals surface area contributed by atoms with E-state index in [1.54, 1.807) is 0 Å². The van der Waals surface area contributed by atoms with E-state index in [-0.39, 0.29) is 0 Å². The Balaban J connectivity index is 1.84. The van der Waals surface area contributed by atoms with Gasteiger partial charge < -0.3 is 5.32 Å². The summed E-state index contributed by atoms with van der Waals surface area (Å²) in [5, 5.41) is 11.1. The topological polar surface area (TPSA) is 66.5 Å². The summed E-state index contributed by atoms with van der Waals surface area (Å²) in [6.07, 6.45) is 0. The number of benzene rings is 2. The smallest absolute Gasteiger partial charge is 0.162 e. The molecule has 0 amide bonds. The second-order valence-electron chi connectivity index (χ2n) is 7.27. The minimum absolute atomic E-state index is 0.629. The first-order chi connectivity index (χ1) is 13.9. The Hall–Kier alpha value is -3.18. The maximum Gasteiger partial charge on any atom is 0.162 e. The zero-order valence-electron chi connectivity index (χ0n) is 16.8. The lowest BCUT2D eigenvalue weighted by molar-refractivity contribution is 1.05. The molecule has 5 nitrogen and oxygen atoms in total. The fourth-order valence-corrected chi connectivity index (χ4v) is 3.31. The van der Waals surface area contributed by atoms with Crippen LogP contribution in [0.3, 0.4) is 0 Å². The van der Waals surface area contributed by atoms with Gasteiger partial charge in [-0.05, 0) is 80.8 Å². The molecule has 0 aliphatic rings. The number of aromatic amines is 1. The molecule has 0 radical (unpaired) electrons. The first-order valence-corrected chi connectivity index (χ1v) is 9.79.